The monoisotopic (exact) mass is 272 g/mol. The summed E-state index contributed by atoms with van der Waals surface area (Å²) >= 11 is 2.41. The minimum absolute atomic E-state index is 1.19. The second-order valence-electron chi connectivity index (χ2n) is 2.75. The molecule has 0 nitrogen and oxygen atoms in total. The Labute approximate surface area is 87.8 Å². The first-order valence-corrected chi connectivity index (χ1v) is 5.32. The highest BCUT2D eigenvalue weighted by molar-refractivity contribution is 14.1. The third kappa shape index (κ3) is 3.39. The van der Waals surface area contributed by atoms with Gasteiger partial charge >= 0.3 is 0 Å². The third-order valence-electron chi connectivity index (χ3n) is 1.61. The van der Waals surface area contributed by atoms with E-state index in [4.69, 9.17) is 0 Å². The highest BCUT2D eigenvalue weighted by atomic mass is 127. The molecule has 0 radical (unpaired) electrons. The minimum Gasteiger partial charge on any atom is -0.0650 e. The van der Waals surface area contributed by atoms with E-state index in [-0.39, 0.29) is 0 Å². The number of benzene rings is 1. The van der Waals surface area contributed by atoms with Crippen LogP contribution in [0.4, 0.5) is 0 Å². The van der Waals surface area contributed by atoms with Gasteiger partial charge in [0.1, 0.15) is 0 Å². The van der Waals surface area contributed by atoms with Crippen LogP contribution in [0.15, 0.2) is 33.9 Å². The van der Waals surface area contributed by atoms with Crippen molar-refractivity contribution in [1.29, 1.82) is 0 Å². The smallest absolute Gasteiger partial charge is 0.00882 e. The lowest BCUT2D eigenvalue weighted by molar-refractivity contribution is 0.957. The third-order valence-corrected chi connectivity index (χ3v) is 2.46. The van der Waals surface area contributed by atoms with Crippen LogP contribution in [-0.2, 0) is 0 Å². The molecule has 0 aromatic heterocycles. The first-order chi connectivity index (χ1) is 5.83. The Bertz CT molecular complexity index is 249. The molecule has 0 aliphatic heterocycles. The summed E-state index contributed by atoms with van der Waals surface area (Å²) < 4.78 is 1.43. The van der Waals surface area contributed by atoms with Gasteiger partial charge in [-0.1, -0.05) is 43.7 Å². The Morgan fingerprint density at radius 3 is 2.58 bits per heavy atom. The molecule has 1 rings (SSSR count). The van der Waals surface area contributed by atoms with E-state index < -0.39 is 0 Å². The summed E-state index contributed by atoms with van der Waals surface area (Å²) in [6.07, 6.45) is 4.65. The molecule has 0 aliphatic carbocycles. The molecule has 1 heteroatoms. The van der Waals surface area contributed by atoms with Crippen molar-refractivity contribution in [3.05, 3.63) is 39.5 Å². The molecule has 12 heavy (non-hydrogen) atoms. The Balaban J connectivity index is 2.67. The van der Waals surface area contributed by atoms with E-state index >= 15 is 0 Å². The molecule has 0 fully saturated rings. The largest absolute Gasteiger partial charge is 0.0650 e. The van der Waals surface area contributed by atoms with Crippen molar-refractivity contribution in [2.75, 3.05) is 0 Å². The average Bonchev–Trinajstić information content (AvgIpc) is 2.06. The van der Waals surface area contributed by atoms with E-state index in [1.54, 1.807) is 0 Å². The molecule has 0 bridgehead atoms. The fourth-order valence-electron chi connectivity index (χ4n) is 1.04. The summed E-state index contributed by atoms with van der Waals surface area (Å²) in [5.41, 5.74) is 1.30. The molecule has 0 aliphatic rings. The molecule has 0 atom stereocenters. The van der Waals surface area contributed by atoms with Crippen LogP contribution in [0.25, 0.3) is 6.08 Å². The van der Waals surface area contributed by atoms with E-state index in [0.717, 1.165) is 0 Å². The summed E-state index contributed by atoms with van der Waals surface area (Å²) in [5, 5.41) is 0. The van der Waals surface area contributed by atoms with E-state index in [1.165, 1.54) is 22.0 Å². The van der Waals surface area contributed by atoms with Crippen LogP contribution in [0, 0.1) is 0 Å². The Morgan fingerprint density at radius 1 is 1.33 bits per heavy atom. The normalized spacial score (nSPS) is 11.7. The van der Waals surface area contributed by atoms with E-state index in [1.807, 2.05) is 6.07 Å². The molecule has 0 heterocycles. The molecule has 0 saturated heterocycles. The molecule has 0 N–H and O–H groups in total. The van der Waals surface area contributed by atoms with Crippen molar-refractivity contribution in [1.82, 2.24) is 0 Å². The second-order valence-corrected chi connectivity index (χ2v) is 4.14. The molecule has 0 spiro atoms. The molecular formula is C11H13I. The summed E-state index contributed by atoms with van der Waals surface area (Å²) in [6, 6.07) is 10.5. The summed E-state index contributed by atoms with van der Waals surface area (Å²) in [6.45, 7) is 2.21. The van der Waals surface area contributed by atoms with Gasteiger partial charge in [-0.15, -0.1) is 0 Å². The fourth-order valence-corrected chi connectivity index (χ4v) is 1.94. The number of hydrogen-bond acceptors (Lipinski definition) is 0. The zero-order valence-electron chi connectivity index (χ0n) is 7.26. The number of halogens is 1. The van der Waals surface area contributed by atoms with Crippen LogP contribution in [-0.4, -0.2) is 0 Å². The number of hydrogen-bond donors (Lipinski definition) is 0. The van der Waals surface area contributed by atoms with Crippen molar-refractivity contribution in [2.45, 2.75) is 19.8 Å². The molecular weight excluding hydrogens is 259 g/mol. The Kier molecular flexibility index (Phi) is 4.36. The van der Waals surface area contributed by atoms with Crippen molar-refractivity contribution >= 4 is 28.7 Å². The predicted octanol–water partition coefficient (Wildman–Crippen LogP) is 4.26. The molecule has 1 aromatic carbocycles. The van der Waals surface area contributed by atoms with Crippen LogP contribution in [0.3, 0.4) is 0 Å². The topological polar surface area (TPSA) is 0 Å². The van der Waals surface area contributed by atoms with Crippen molar-refractivity contribution in [2.24, 2.45) is 0 Å². The molecule has 0 unspecified atom stereocenters. The maximum absolute atomic E-state index is 2.41. The van der Waals surface area contributed by atoms with Gasteiger partial charge < -0.3 is 0 Å². The van der Waals surface area contributed by atoms with Crippen LogP contribution < -0.4 is 0 Å². The van der Waals surface area contributed by atoms with Gasteiger partial charge in [0.2, 0.25) is 0 Å². The molecule has 0 amide bonds. The maximum atomic E-state index is 2.41. The number of allylic oxidation sites excluding steroid dienone is 1. The Morgan fingerprint density at radius 2 is 2.00 bits per heavy atom. The minimum atomic E-state index is 1.19. The van der Waals surface area contributed by atoms with Gasteiger partial charge in [-0.3, -0.25) is 0 Å². The van der Waals surface area contributed by atoms with Crippen LogP contribution in [0.1, 0.15) is 25.3 Å². The summed E-state index contributed by atoms with van der Waals surface area (Å²) in [5.74, 6) is 0. The quantitative estimate of drug-likeness (QED) is 0.721. The van der Waals surface area contributed by atoms with Crippen molar-refractivity contribution in [3.8, 4) is 0 Å². The summed E-state index contributed by atoms with van der Waals surface area (Å²) in [7, 11) is 0. The fraction of sp³-hybridized carbons (Fsp3) is 0.273. The highest BCUT2D eigenvalue weighted by Crippen LogP contribution is 2.17. The van der Waals surface area contributed by atoms with Crippen molar-refractivity contribution in [3.63, 3.8) is 0 Å². The van der Waals surface area contributed by atoms with E-state index in [0.29, 0.717) is 0 Å². The number of rotatable bonds is 3. The second kappa shape index (κ2) is 5.36. The molecule has 0 saturated carbocycles. The van der Waals surface area contributed by atoms with Gasteiger partial charge in [0.05, 0.1) is 0 Å². The van der Waals surface area contributed by atoms with Crippen LogP contribution in [0.2, 0.25) is 0 Å². The van der Waals surface area contributed by atoms with Crippen LogP contribution >= 0.6 is 22.6 Å². The van der Waals surface area contributed by atoms with Gasteiger partial charge in [-0.2, -0.15) is 0 Å². The first kappa shape index (κ1) is 9.78. The highest BCUT2D eigenvalue weighted by Gasteiger charge is 1.89. The van der Waals surface area contributed by atoms with Gasteiger partial charge in [-0.25, -0.2) is 0 Å². The average molecular weight is 272 g/mol. The predicted molar refractivity (Wildman–Crippen MR) is 63.3 cm³/mol. The summed E-state index contributed by atoms with van der Waals surface area (Å²) in [4.78, 5) is 0. The Hall–Kier alpha value is -0.310. The lowest BCUT2D eigenvalue weighted by Gasteiger charge is -1.95. The zero-order valence-corrected chi connectivity index (χ0v) is 9.41. The lowest BCUT2D eigenvalue weighted by atomic mass is 10.2. The standard InChI is InChI=1S/C11H13I/c1-2-6-11(12)9-10-7-4-3-5-8-10/h3-5,7-9H,2,6H2,1H3/b11-9+. The zero-order chi connectivity index (χ0) is 8.81. The van der Waals surface area contributed by atoms with Gasteiger partial charge in [0.25, 0.3) is 0 Å². The lowest BCUT2D eigenvalue weighted by Crippen LogP contribution is -1.73. The van der Waals surface area contributed by atoms with E-state index in [9.17, 15) is 0 Å². The van der Waals surface area contributed by atoms with Gasteiger partial charge in [-0.05, 0) is 44.2 Å². The van der Waals surface area contributed by atoms with Gasteiger partial charge in [0.15, 0.2) is 0 Å². The maximum Gasteiger partial charge on any atom is -0.00882 e. The molecule has 1 aromatic rings. The molecule has 64 valence electrons. The SMILES string of the molecule is CCC/C(I)=C\c1ccccc1. The first-order valence-electron chi connectivity index (χ1n) is 4.24. The van der Waals surface area contributed by atoms with E-state index in [2.05, 4.69) is 59.9 Å². The van der Waals surface area contributed by atoms with Gasteiger partial charge in [0, 0.05) is 0 Å². The van der Waals surface area contributed by atoms with Crippen LogP contribution in [0.5, 0.6) is 0 Å². The van der Waals surface area contributed by atoms with Crippen molar-refractivity contribution < 1.29 is 0 Å².